The van der Waals surface area contributed by atoms with Crippen molar-refractivity contribution in [2.45, 2.75) is 13.2 Å². The molecule has 84 valence electrons. The molecule has 1 aromatic rings. The fourth-order valence-corrected chi connectivity index (χ4v) is 1.79. The lowest BCUT2D eigenvalue weighted by atomic mass is 9.78. The van der Waals surface area contributed by atoms with E-state index in [1.807, 2.05) is 6.07 Å². The Bertz CT molecular complexity index is 423. The van der Waals surface area contributed by atoms with Gasteiger partial charge in [-0.15, -0.1) is 0 Å². The fourth-order valence-electron chi connectivity index (χ4n) is 1.79. The summed E-state index contributed by atoms with van der Waals surface area (Å²) in [5.74, 6) is 0. The molecule has 0 atom stereocenters. The number of carboxylic acid groups (broad SMARTS) is 1. The van der Waals surface area contributed by atoms with Crippen LogP contribution in [0.25, 0.3) is 0 Å². The van der Waals surface area contributed by atoms with E-state index in [2.05, 4.69) is 0 Å². The van der Waals surface area contributed by atoms with E-state index in [-0.39, 0.29) is 0 Å². The maximum Gasteiger partial charge on any atom is 0.491 e. The van der Waals surface area contributed by atoms with Gasteiger partial charge in [0, 0.05) is 13.6 Å². The Balaban J connectivity index is 2.26. The SMILES string of the molecule is CN(Cc1cccc2c1COB2O)C(=O)O. The zero-order valence-electron chi connectivity index (χ0n) is 8.88. The maximum atomic E-state index is 10.7. The Labute approximate surface area is 93.4 Å². The lowest BCUT2D eigenvalue weighted by Gasteiger charge is -2.15. The quantitative estimate of drug-likeness (QED) is 0.690. The van der Waals surface area contributed by atoms with Crippen LogP contribution >= 0.6 is 0 Å². The summed E-state index contributed by atoms with van der Waals surface area (Å²) in [5.41, 5.74) is 2.50. The molecule has 1 amide bonds. The Hall–Kier alpha value is -1.53. The Morgan fingerprint density at radius 1 is 1.62 bits per heavy atom. The van der Waals surface area contributed by atoms with Crippen molar-refractivity contribution in [1.29, 1.82) is 0 Å². The topological polar surface area (TPSA) is 70.0 Å². The van der Waals surface area contributed by atoms with E-state index in [4.69, 9.17) is 9.76 Å². The van der Waals surface area contributed by atoms with Crippen molar-refractivity contribution in [3.63, 3.8) is 0 Å². The number of hydrogen-bond acceptors (Lipinski definition) is 3. The lowest BCUT2D eigenvalue weighted by Crippen LogP contribution is -2.29. The summed E-state index contributed by atoms with van der Waals surface area (Å²) in [6, 6.07) is 5.43. The zero-order valence-corrected chi connectivity index (χ0v) is 8.88. The summed E-state index contributed by atoms with van der Waals surface area (Å²) in [6.45, 7) is 0.634. The molecule has 2 N–H and O–H groups in total. The summed E-state index contributed by atoms with van der Waals surface area (Å²) >= 11 is 0. The summed E-state index contributed by atoms with van der Waals surface area (Å²) in [7, 11) is 0.624. The van der Waals surface area contributed by atoms with Crippen LogP contribution in [-0.2, 0) is 17.8 Å². The van der Waals surface area contributed by atoms with Crippen LogP contribution in [0.5, 0.6) is 0 Å². The van der Waals surface area contributed by atoms with E-state index in [0.29, 0.717) is 13.2 Å². The van der Waals surface area contributed by atoms with Gasteiger partial charge in [-0.25, -0.2) is 4.79 Å². The second kappa shape index (κ2) is 4.15. The van der Waals surface area contributed by atoms with Crippen molar-refractivity contribution in [3.8, 4) is 0 Å². The molecule has 0 radical (unpaired) electrons. The van der Waals surface area contributed by atoms with E-state index in [9.17, 15) is 9.82 Å². The Morgan fingerprint density at radius 3 is 3.06 bits per heavy atom. The first-order chi connectivity index (χ1) is 7.59. The number of amides is 1. The van der Waals surface area contributed by atoms with Crippen LogP contribution in [0, 0.1) is 0 Å². The van der Waals surface area contributed by atoms with Gasteiger partial charge in [-0.05, 0) is 16.6 Å². The largest absolute Gasteiger partial charge is 0.491 e. The van der Waals surface area contributed by atoms with Gasteiger partial charge < -0.3 is 19.7 Å². The second-order valence-electron chi connectivity index (χ2n) is 3.79. The Kier molecular flexibility index (Phi) is 2.85. The molecule has 2 rings (SSSR count). The van der Waals surface area contributed by atoms with Crippen LogP contribution in [0.2, 0.25) is 0 Å². The predicted molar refractivity (Wildman–Crippen MR) is 58.3 cm³/mol. The second-order valence-corrected chi connectivity index (χ2v) is 3.79. The number of rotatable bonds is 2. The van der Waals surface area contributed by atoms with Gasteiger partial charge in [-0.1, -0.05) is 18.2 Å². The zero-order chi connectivity index (χ0) is 11.7. The minimum Gasteiger partial charge on any atom is -0.465 e. The number of benzene rings is 1. The highest BCUT2D eigenvalue weighted by Gasteiger charge is 2.29. The number of fused-ring (bicyclic) bond motifs is 1. The predicted octanol–water partition coefficient (Wildman–Crippen LogP) is 0.0141. The monoisotopic (exact) mass is 221 g/mol. The first-order valence-corrected chi connectivity index (χ1v) is 4.94. The van der Waals surface area contributed by atoms with Gasteiger partial charge >= 0.3 is 13.2 Å². The molecule has 5 nitrogen and oxygen atoms in total. The van der Waals surface area contributed by atoms with Gasteiger partial charge in [0.05, 0.1) is 6.61 Å². The van der Waals surface area contributed by atoms with E-state index in [0.717, 1.165) is 16.6 Å². The molecule has 1 aromatic carbocycles. The van der Waals surface area contributed by atoms with Crippen molar-refractivity contribution in [3.05, 3.63) is 29.3 Å². The number of nitrogens with zero attached hydrogens (tertiary/aromatic N) is 1. The van der Waals surface area contributed by atoms with E-state index < -0.39 is 13.2 Å². The molecule has 0 aromatic heterocycles. The molecule has 1 heterocycles. The van der Waals surface area contributed by atoms with Crippen LogP contribution in [0.3, 0.4) is 0 Å². The van der Waals surface area contributed by atoms with Crippen molar-refractivity contribution in [2.75, 3.05) is 7.05 Å². The standard InChI is InChI=1S/C10H12BNO4/c1-12(10(13)14)5-7-3-2-4-9-8(7)6-16-11(9)15/h2-4,15H,5-6H2,1H3,(H,13,14). The molecule has 0 bridgehead atoms. The van der Waals surface area contributed by atoms with Gasteiger partial charge in [0.25, 0.3) is 0 Å². The Morgan fingerprint density at radius 2 is 2.38 bits per heavy atom. The summed E-state index contributed by atoms with van der Waals surface area (Å²) in [5, 5.41) is 18.3. The third-order valence-corrected chi connectivity index (χ3v) is 2.69. The van der Waals surface area contributed by atoms with Gasteiger partial charge in [0.2, 0.25) is 0 Å². The number of hydrogen-bond donors (Lipinski definition) is 2. The summed E-state index contributed by atoms with van der Waals surface area (Å²) in [6.07, 6.45) is -0.975. The highest BCUT2D eigenvalue weighted by Crippen LogP contribution is 2.16. The molecule has 0 aliphatic carbocycles. The lowest BCUT2D eigenvalue weighted by molar-refractivity contribution is 0.153. The first kappa shape index (κ1) is 11.0. The molecule has 1 aliphatic rings. The minimum absolute atomic E-state index is 0.300. The van der Waals surface area contributed by atoms with Crippen LogP contribution in [0.1, 0.15) is 11.1 Å². The van der Waals surface area contributed by atoms with Crippen molar-refractivity contribution >= 4 is 18.7 Å². The van der Waals surface area contributed by atoms with Crippen LogP contribution in [0.15, 0.2) is 18.2 Å². The van der Waals surface area contributed by atoms with E-state index in [1.54, 1.807) is 12.1 Å². The third-order valence-electron chi connectivity index (χ3n) is 2.69. The summed E-state index contributed by atoms with van der Waals surface area (Å²) in [4.78, 5) is 11.9. The van der Waals surface area contributed by atoms with Crippen LogP contribution in [0.4, 0.5) is 4.79 Å². The molecule has 1 aliphatic heterocycles. The van der Waals surface area contributed by atoms with Gasteiger partial charge in [-0.3, -0.25) is 0 Å². The average Bonchev–Trinajstić information content (AvgIpc) is 2.62. The van der Waals surface area contributed by atoms with E-state index >= 15 is 0 Å². The van der Waals surface area contributed by atoms with Crippen LogP contribution in [-0.4, -0.2) is 35.3 Å². The fraction of sp³-hybridized carbons (Fsp3) is 0.300. The molecule has 6 heteroatoms. The molecule has 0 saturated carbocycles. The number of carbonyl (C=O) groups is 1. The summed E-state index contributed by atoms with van der Waals surface area (Å²) < 4.78 is 5.10. The highest BCUT2D eigenvalue weighted by atomic mass is 16.5. The van der Waals surface area contributed by atoms with Crippen molar-refractivity contribution in [2.24, 2.45) is 0 Å². The molecule has 16 heavy (non-hydrogen) atoms. The smallest absolute Gasteiger partial charge is 0.465 e. The van der Waals surface area contributed by atoms with E-state index in [1.165, 1.54) is 11.9 Å². The average molecular weight is 221 g/mol. The molecular weight excluding hydrogens is 209 g/mol. The normalized spacial score (nSPS) is 13.8. The minimum atomic E-state index is -0.975. The molecule has 0 saturated heterocycles. The van der Waals surface area contributed by atoms with Gasteiger partial charge in [0.15, 0.2) is 0 Å². The van der Waals surface area contributed by atoms with Gasteiger partial charge in [-0.2, -0.15) is 0 Å². The van der Waals surface area contributed by atoms with Crippen molar-refractivity contribution < 1.29 is 19.6 Å². The molecular formula is C10H12BNO4. The maximum absolute atomic E-state index is 10.7. The highest BCUT2D eigenvalue weighted by molar-refractivity contribution is 6.61. The third kappa shape index (κ3) is 1.89. The van der Waals surface area contributed by atoms with Gasteiger partial charge in [0.1, 0.15) is 0 Å². The molecule has 0 fully saturated rings. The molecule has 0 unspecified atom stereocenters. The first-order valence-electron chi connectivity index (χ1n) is 4.94. The van der Waals surface area contributed by atoms with Crippen LogP contribution < -0.4 is 5.46 Å². The molecule has 0 spiro atoms. The van der Waals surface area contributed by atoms with Crippen molar-refractivity contribution in [1.82, 2.24) is 4.90 Å².